The van der Waals surface area contributed by atoms with Gasteiger partial charge in [0.05, 0.1) is 7.11 Å². The summed E-state index contributed by atoms with van der Waals surface area (Å²) in [6.07, 6.45) is 5.46. The van der Waals surface area contributed by atoms with Gasteiger partial charge in [-0.1, -0.05) is 12.1 Å². The summed E-state index contributed by atoms with van der Waals surface area (Å²) in [5.41, 5.74) is 1.32. The van der Waals surface area contributed by atoms with Gasteiger partial charge in [-0.05, 0) is 73.0 Å². The van der Waals surface area contributed by atoms with E-state index < -0.39 is 0 Å². The van der Waals surface area contributed by atoms with Crippen LogP contribution in [0.3, 0.4) is 0 Å². The van der Waals surface area contributed by atoms with E-state index in [1.54, 1.807) is 7.11 Å². The van der Waals surface area contributed by atoms with Gasteiger partial charge in [-0.2, -0.15) is 0 Å². The lowest BCUT2D eigenvalue weighted by atomic mass is 9.97. The third-order valence-corrected chi connectivity index (χ3v) is 6.22. The molecule has 2 heteroatoms. The van der Waals surface area contributed by atoms with Gasteiger partial charge in [0.15, 0.2) is 0 Å². The average molecular weight is 277 g/mol. The van der Waals surface area contributed by atoms with Crippen molar-refractivity contribution in [3.8, 4) is 5.75 Å². The Hall–Kier alpha value is -0.690. The Balaban J connectivity index is 1.43. The van der Waals surface area contributed by atoms with Crippen LogP contribution in [0, 0.1) is 29.6 Å². The molecule has 5 unspecified atom stereocenters. The molecule has 0 N–H and O–H groups in total. The van der Waals surface area contributed by atoms with Gasteiger partial charge in [0.1, 0.15) is 5.75 Å². The molecule has 0 amide bonds. The zero-order valence-electron chi connectivity index (χ0n) is 11.4. The van der Waals surface area contributed by atoms with E-state index in [9.17, 15) is 0 Å². The number of benzene rings is 1. The molecule has 19 heavy (non-hydrogen) atoms. The molecule has 1 aromatic carbocycles. The quantitative estimate of drug-likeness (QED) is 0.751. The smallest absolute Gasteiger partial charge is 0.119 e. The molecule has 3 aliphatic rings. The first kappa shape index (κ1) is 12.1. The van der Waals surface area contributed by atoms with Crippen molar-refractivity contribution < 1.29 is 4.74 Å². The van der Waals surface area contributed by atoms with Crippen molar-refractivity contribution in [3.63, 3.8) is 0 Å². The second-order valence-electron chi connectivity index (χ2n) is 6.64. The molecule has 1 aromatic rings. The summed E-state index contributed by atoms with van der Waals surface area (Å²) in [6.45, 7) is 0. The van der Waals surface area contributed by atoms with E-state index in [4.69, 9.17) is 16.3 Å². The molecule has 3 saturated carbocycles. The Kier molecular flexibility index (Phi) is 2.80. The minimum absolute atomic E-state index is 0.325. The molecule has 0 heterocycles. The van der Waals surface area contributed by atoms with Crippen molar-refractivity contribution in [1.29, 1.82) is 0 Å². The van der Waals surface area contributed by atoms with Crippen molar-refractivity contribution in [2.75, 3.05) is 7.11 Å². The van der Waals surface area contributed by atoms with Crippen molar-refractivity contribution in [2.24, 2.45) is 29.6 Å². The third-order valence-electron chi connectivity index (χ3n) is 5.78. The largest absolute Gasteiger partial charge is 0.497 e. The lowest BCUT2D eigenvalue weighted by Gasteiger charge is -2.14. The maximum absolute atomic E-state index is 6.73. The number of rotatable bonds is 4. The topological polar surface area (TPSA) is 9.23 Å². The van der Waals surface area contributed by atoms with E-state index in [2.05, 4.69) is 18.2 Å². The second-order valence-corrected chi connectivity index (χ2v) is 7.20. The van der Waals surface area contributed by atoms with Gasteiger partial charge in [-0.25, -0.2) is 0 Å². The van der Waals surface area contributed by atoms with E-state index >= 15 is 0 Å². The number of hydrogen-bond acceptors (Lipinski definition) is 1. The van der Waals surface area contributed by atoms with Crippen molar-refractivity contribution in [3.05, 3.63) is 29.8 Å². The van der Waals surface area contributed by atoms with Gasteiger partial charge in [0.2, 0.25) is 0 Å². The van der Waals surface area contributed by atoms with Gasteiger partial charge in [0, 0.05) is 5.38 Å². The molecular formula is C17H21ClO. The summed E-state index contributed by atoms with van der Waals surface area (Å²) in [6, 6.07) is 8.36. The number of halogens is 1. The zero-order valence-corrected chi connectivity index (χ0v) is 12.1. The first-order chi connectivity index (χ1) is 9.28. The predicted octanol–water partition coefficient (Wildman–Crippen LogP) is 4.14. The Morgan fingerprint density at radius 2 is 2.00 bits per heavy atom. The maximum Gasteiger partial charge on any atom is 0.119 e. The standard InChI is InChI=1S/C17H21ClO/c1-19-13-4-2-3-10(7-13)8-14(18)17-15-11-5-6-12(9-11)16(15)17/h2-4,7,11-12,14-17H,5-6,8-9H2,1H3. The molecule has 3 fully saturated rings. The lowest BCUT2D eigenvalue weighted by molar-refractivity contribution is 0.413. The Morgan fingerprint density at radius 3 is 2.68 bits per heavy atom. The highest BCUT2D eigenvalue weighted by molar-refractivity contribution is 6.21. The first-order valence-corrected chi connectivity index (χ1v) is 7.98. The second kappa shape index (κ2) is 4.41. The normalized spacial score (nSPS) is 40.0. The van der Waals surface area contributed by atoms with Gasteiger partial charge < -0.3 is 4.74 Å². The van der Waals surface area contributed by atoms with Crippen LogP contribution in [-0.2, 0) is 6.42 Å². The fraction of sp³-hybridized carbons (Fsp3) is 0.647. The zero-order chi connectivity index (χ0) is 13.0. The summed E-state index contributed by atoms with van der Waals surface area (Å²) in [7, 11) is 1.72. The van der Waals surface area contributed by atoms with Crippen LogP contribution < -0.4 is 4.74 Å². The number of ether oxygens (including phenoxy) is 1. The van der Waals surface area contributed by atoms with Crippen molar-refractivity contribution in [2.45, 2.75) is 31.1 Å². The van der Waals surface area contributed by atoms with Gasteiger partial charge in [-0.15, -0.1) is 11.6 Å². The molecule has 102 valence electrons. The molecule has 0 spiro atoms. The number of fused-ring (bicyclic) bond motifs is 5. The summed E-state index contributed by atoms with van der Waals surface area (Å²) >= 11 is 6.73. The van der Waals surface area contributed by atoms with Crippen LogP contribution in [0.25, 0.3) is 0 Å². The van der Waals surface area contributed by atoms with Crippen LogP contribution in [0.5, 0.6) is 5.75 Å². The molecule has 0 aromatic heterocycles. The van der Waals surface area contributed by atoms with Crippen LogP contribution >= 0.6 is 11.6 Å². The molecule has 1 nitrogen and oxygen atoms in total. The van der Waals surface area contributed by atoms with E-state index in [1.807, 2.05) is 6.07 Å². The Morgan fingerprint density at radius 1 is 1.26 bits per heavy atom. The fourth-order valence-electron chi connectivity index (χ4n) is 5.04. The number of hydrogen-bond donors (Lipinski definition) is 0. The molecule has 0 aliphatic heterocycles. The Labute approximate surface area is 120 Å². The van der Waals surface area contributed by atoms with Crippen LogP contribution in [0.2, 0.25) is 0 Å². The van der Waals surface area contributed by atoms with Crippen LogP contribution in [0.4, 0.5) is 0 Å². The number of methoxy groups -OCH3 is 1. The summed E-state index contributed by atoms with van der Waals surface area (Å²) < 4.78 is 5.29. The van der Waals surface area contributed by atoms with Crippen LogP contribution in [0.15, 0.2) is 24.3 Å². The third kappa shape index (κ3) is 1.89. The first-order valence-electron chi connectivity index (χ1n) is 7.55. The molecule has 4 rings (SSSR count). The van der Waals surface area contributed by atoms with E-state index in [-0.39, 0.29) is 0 Å². The van der Waals surface area contributed by atoms with E-state index in [1.165, 1.54) is 24.8 Å². The minimum atomic E-state index is 0.325. The predicted molar refractivity (Wildman–Crippen MR) is 77.6 cm³/mol. The SMILES string of the molecule is COc1cccc(CC(Cl)C2C3C4CCC(C4)C23)c1. The van der Waals surface area contributed by atoms with Gasteiger partial charge >= 0.3 is 0 Å². The molecule has 5 atom stereocenters. The monoisotopic (exact) mass is 276 g/mol. The summed E-state index contributed by atoms with van der Waals surface area (Å²) in [4.78, 5) is 0. The highest BCUT2D eigenvalue weighted by Crippen LogP contribution is 2.71. The highest BCUT2D eigenvalue weighted by atomic mass is 35.5. The molecule has 3 aliphatic carbocycles. The summed E-state index contributed by atoms with van der Waals surface area (Å²) in [5.74, 6) is 5.74. The average Bonchev–Trinajstić information content (AvgIpc) is 2.88. The molecule has 0 radical (unpaired) electrons. The minimum Gasteiger partial charge on any atom is -0.497 e. The van der Waals surface area contributed by atoms with Gasteiger partial charge in [0.25, 0.3) is 0 Å². The molecule has 2 bridgehead atoms. The lowest BCUT2D eigenvalue weighted by Crippen LogP contribution is -2.13. The Bertz CT molecular complexity index is 470. The highest BCUT2D eigenvalue weighted by Gasteiger charge is 2.66. The van der Waals surface area contributed by atoms with Crippen molar-refractivity contribution >= 4 is 11.6 Å². The summed E-state index contributed by atoms with van der Waals surface area (Å²) in [5, 5.41) is 0.325. The van der Waals surface area contributed by atoms with E-state index in [0.29, 0.717) is 5.38 Å². The molecule has 0 saturated heterocycles. The van der Waals surface area contributed by atoms with E-state index in [0.717, 1.165) is 41.8 Å². The number of alkyl halides is 1. The van der Waals surface area contributed by atoms with Crippen LogP contribution in [-0.4, -0.2) is 12.5 Å². The van der Waals surface area contributed by atoms with Crippen molar-refractivity contribution in [1.82, 2.24) is 0 Å². The van der Waals surface area contributed by atoms with Crippen LogP contribution in [0.1, 0.15) is 24.8 Å². The maximum atomic E-state index is 6.73. The fourth-order valence-corrected chi connectivity index (χ4v) is 5.55. The molecular weight excluding hydrogens is 256 g/mol. The van der Waals surface area contributed by atoms with Gasteiger partial charge in [-0.3, -0.25) is 0 Å².